The minimum atomic E-state index is -3.75. The number of nitrogens with one attached hydrogen (secondary N) is 2. The summed E-state index contributed by atoms with van der Waals surface area (Å²) >= 11 is 0. The van der Waals surface area contributed by atoms with Gasteiger partial charge in [0.15, 0.2) is 9.84 Å². The van der Waals surface area contributed by atoms with E-state index in [-0.39, 0.29) is 10.6 Å². The molecule has 1 aliphatic heterocycles. The highest BCUT2D eigenvalue weighted by Gasteiger charge is 2.43. The first kappa shape index (κ1) is 22.2. The molecule has 9 heteroatoms. The van der Waals surface area contributed by atoms with E-state index in [9.17, 15) is 13.2 Å². The number of carbonyl (C=O) groups excluding carboxylic acids is 1. The molecule has 0 saturated carbocycles. The first-order valence-electron chi connectivity index (χ1n) is 10.4. The van der Waals surface area contributed by atoms with E-state index in [1.807, 2.05) is 24.3 Å². The summed E-state index contributed by atoms with van der Waals surface area (Å²) in [4.78, 5) is 16.5. The lowest BCUT2D eigenvalue weighted by Crippen LogP contribution is -2.50. The number of carbonyl (C=O) groups is 1. The molecule has 0 aliphatic carbocycles. The summed E-state index contributed by atoms with van der Waals surface area (Å²) in [7, 11) is -3.75. The number of fused-ring (bicyclic) bond motifs is 1. The molecule has 8 nitrogen and oxygen atoms in total. The third kappa shape index (κ3) is 4.59. The Bertz CT molecular complexity index is 1200. The van der Waals surface area contributed by atoms with E-state index in [2.05, 4.69) is 10.3 Å². The molecule has 1 saturated heterocycles. The number of hydroxylamine groups is 1. The van der Waals surface area contributed by atoms with Gasteiger partial charge in [-0.1, -0.05) is 18.2 Å². The fourth-order valence-electron chi connectivity index (χ4n) is 4.13. The molecule has 1 fully saturated rings. The second-order valence-corrected chi connectivity index (χ2v) is 9.99. The van der Waals surface area contributed by atoms with Crippen molar-refractivity contribution in [2.45, 2.75) is 24.3 Å². The van der Waals surface area contributed by atoms with Crippen LogP contribution >= 0.6 is 0 Å². The van der Waals surface area contributed by atoms with Crippen LogP contribution in [0.4, 0.5) is 0 Å². The molecule has 0 radical (unpaired) electrons. The van der Waals surface area contributed by atoms with Crippen molar-refractivity contribution >= 4 is 26.5 Å². The maximum absolute atomic E-state index is 13.0. The van der Waals surface area contributed by atoms with Crippen molar-refractivity contribution in [3.05, 3.63) is 66.5 Å². The Morgan fingerprint density at radius 3 is 2.59 bits per heavy atom. The fourth-order valence-corrected chi connectivity index (χ4v) is 5.99. The molecule has 4 rings (SSSR count). The van der Waals surface area contributed by atoms with E-state index in [4.69, 9.17) is 9.94 Å². The van der Waals surface area contributed by atoms with Crippen LogP contribution in [0.5, 0.6) is 5.75 Å². The van der Waals surface area contributed by atoms with Gasteiger partial charge in [0.25, 0.3) is 5.91 Å². The number of sulfone groups is 1. The highest BCUT2D eigenvalue weighted by atomic mass is 32.2. The van der Waals surface area contributed by atoms with E-state index in [0.29, 0.717) is 38.3 Å². The Labute approximate surface area is 186 Å². The first-order valence-corrected chi connectivity index (χ1v) is 12.0. The third-order valence-corrected chi connectivity index (χ3v) is 7.88. The summed E-state index contributed by atoms with van der Waals surface area (Å²) in [6.45, 7) is 1.36. The Morgan fingerprint density at radius 1 is 1.12 bits per heavy atom. The zero-order valence-corrected chi connectivity index (χ0v) is 18.3. The standard InChI is InChI=1S/C23H25N3O5S/c27-22(26-28)23(9-12-24-13-10-23)16-32(29,30)20-6-4-19(5-7-20)31-15-18-3-1-2-17-14-25-11-8-21(17)18/h1-8,11,14,24,28H,9-10,12-13,15-16H2,(H,26,27). The maximum Gasteiger partial charge on any atom is 0.250 e. The molecule has 2 heterocycles. The zero-order chi connectivity index (χ0) is 22.6. The van der Waals surface area contributed by atoms with Crippen LogP contribution in [0.1, 0.15) is 18.4 Å². The highest BCUT2D eigenvalue weighted by molar-refractivity contribution is 7.91. The van der Waals surface area contributed by atoms with Crippen LogP contribution in [0.15, 0.2) is 65.8 Å². The van der Waals surface area contributed by atoms with Crippen LogP contribution in [-0.2, 0) is 21.2 Å². The monoisotopic (exact) mass is 455 g/mol. The fraction of sp³-hybridized carbons (Fsp3) is 0.304. The maximum atomic E-state index is 13.0. The van der Waals surface area contributed by atoms with Crippen LogP contribution < -0.4 is 15.5 Å². The van der Waals surface area contributed by atoms with Crippen LogP contribution in [0.3, 0.4) is 0 Å². The summed E-state index contributed by atoms with van der Waals surface area (Å²) in [5.41, 5.74) is 1.50. The number of nitrogens with zero attached hydrogens (tertiary/aromatic N) is 1. The molecule has 32 heavy (non-hydrogen) atoms. The van der Waals surface area contributed by atoms with Gasteiger partial charge in [0, 0.05) is 17.8 Å². The molecule has 2 aromatic carbocycles. The van der Waals surface area contributed by atoms with Crippen LogP contribution in [0.25, 0.3) is 10.8 Å². The zero-order valence-electron chi connectivity index (χ0n) is 17.5. The van der Waals surface area contributed by atoms with Crippen molar-refractivity contribution in [1.29, 1.82) is 0 Å². The molecule has 3 N–H and O–H groups in total. The molecule has 168 valence electrons. The molecule has 1 aliphatic rings. The number of aromatic nitrogens is 1. The molecular formula is C23H25N3O5S. The average Bonchev–Trinajstić information content (AvgIpc) is 2.82. The number of benzene rings is 2. The molecule has 0 bridgehead atoms. The number of ether oxygens (including phenoxy) is 1. The molecule has 1 aromatic heterocycles. The number of amides is 1. The van der Waals surface area contributed by atoms with Crippen molar-refractivity contribution in [3.8, 4) is 5.75 Å². The Kier molecular flexibility index (Phi) is 6.40. The van der Waals surface area contributed by atoms with Crippen LogP contribution in [-0.4, -0.2) is 43.4 Å². The van der Waals surface area contributed by atoms with Gasteiger partial charge in [-0.15, -0.1) is 0 Å². The number of hydrogen-bond donors (Lipinski definition) is 3. The summed E-state index contributed by atoms with van der Waals surface area (Å²) in [5, 5.41) is 14.3. The highest BCUT2D eigenvalue weighted by Crippen LogP contribution is 2.33. The topological polar surface area (TPSA) is 118 Å². The summed E-state index contributed by atoms with van der Waals surface area (Å²) in [6, 6.07) is 14.0. The largest absolute Gasteiger partial charge is 0.489 e. The van der Waals surface area contributed by atoms with Gasteiger partial charge in [-0.3, -0.25) is 15.0 Å². The molecule has 0 unspecified atom stereocenters. The predicted molar refractivity (Wildman–Crippen MR) is 119 cm³/mol. The third-order valence-electron chi connectivity index (χ3n) is 5.96. The predicted octanol–water partition coefficient (Wildman–Crippen LogP) is 2.46. The average molecular weight is 456 g/mol. The number of rotatable bonds is 7. The lowest BCUT2D eigenvalue weighted by Gasteiger charge is -2.34. The van der Waals surface area contributed by atoms with Crippen LogP contribution in [0.2, 0.25) is 0 Å². The SMILES string of the molecule is O=C(NO)C1(CS(=O)(=O)c2ccc(OCc3cccc4cnccc34)cc2)CCNCC1. The van der Waals surface area contributed by atoms with E-state index in [1.54, 1.807) is 30.0 Å². The molecule has 3 aromatic rings. The van der Waals surface area contributed by atoms with Gasteiger partial charge in [-0.2, -0.15) is 0 Å². The van der Waals surface area contributed by atoms with Gasteiger partial charge in [0.1, 0.15) is 12.4 Å². The van der Waals surface area contributed by atoms with Gasteiger partial charge in [-0.05, 0) is 67.2 Å². The minimum Gasteiger partial charge on any atom is -0.489 e. The van der Waals surface area contributed by atoms with Crippen molar-refractivity contribution < 1.29 is 23.2 Å². The van der Waals surface area contributed by atoms with E-state index >= 15 is 0 Å². The summed E-state index contributed by atoms with van der Waals surface area (Å²) < 4.78 is 31.9. The van der Waals surface area contributed by atoms with Gasteiger partial charge in [-0.25, -0.2) is 13.9 Å². The Hall–Kier alpha value is -3.01. The normalized spacial score (nSPS) is 15.9. The second kappa shape index (κ2) is 9.23. The van der Waals surface area contributed by atoms with E-state index < -0.39 is 21.2 Å². The van der Waals surface area contributed by atoms with Crippen molar-refractivity contribution in [2.24, 2.45) is 5.41 Å². The molecular weight excluding hydrogens is 430 g/mol. The smallest absolute Gasteiger partial charge is 0.250 e. The summed E-state index contributed by atoms with van der Waals surface area (Å²) in [5.74, 6) is -0.481. The van der Waals surface area contributed by atoms with E-state index in [1.165, 1.54) is 12.1 Å². The number of piperidine rings is 1. The van der Waals surface area contributed by atoms with Crippen molar-refractivity contribution in [3.63, 3.8) is 0 Å². The van der Waals surface area contributed by atoms with Crippen molar-refractivity contribution in [1.82, 2.24) is 15.8 Å². The van der Waals surface area contributed by atoms with E-state index in [0.717, 1.165) is 16.3 Å². The second-order valence-electron chi connectivity index (χ2n) is 8.00. The van der Waals surface area contributed by atoms with Gasteiger partial charge in [0.2, 0.25) is 0 Å². The van der Waals surface area contributed by atoms with Crippen molar-refractivity contribution in [2.75, 3.05) is 18.8 Å². The van der Waals surface area contributed by atoms with Gasteiger partial charge >= 0.3 is 0 Å². The molecule has 1 amide bonds. The quantitative estimate of drug-likeness (QED) is 0.370. The first-order chi connectivity index (χ1) is 15.4. The molecule has 0 spiro atoms. The summed E-state index contributed by atoms with van der Waals surface area (Å²) in [6.07, 6.45) is 4.20. The number of pyridine rings is 1. The lowest BCUT2D eigenvalue weighted by atomic mass is 9.80. The van der Waals surface area contributed by atoms with Gasteiger partial charge < -0.3 is 10.1 Å². The minimum absolute atomic E-state index is 0.115. The van der Waals surface area contributed by atoms with Gasteiger partial charge in [0.05, 0.1) is 16.1 Å². The Morgan fingerprint density at radius 2 is 1.88 bits per heavy atom. The number of hydrogen-bond acceptors (Lipinski definition) is 7. The van der Waals surface area contributed by atoms with Crippen LogP contribution in [0, 0.1) is 5.41 Å². The Balaban J connectivity index is 1.48. The lowest BCUT2D eigenvalue weighted by molar-refractivity contribution is -0.140. The molecule has 0 atom stereocenters.